The summed E-state index contributed by atoms with van der Waals surface area (Å²) in [6, 6.07) is 0. The third-order valence-corrected chi connectivity index (χ3v) is 5.30. The highest BCUT2D eigenvalue weighted by Gasteiger charge is 2.25. The third-order valence-electron chi connectivity index (χ3n) is 5.30. The number of carbonyl (C=O) groups excluding carboxylic acids is 3. The molecule has 0 unspecified atom stereocenters. The van der Waals surface area contributed by atoms with Gasteiger partial charge in [0.05, 0.1) is 12.3 Å². The van der Waals surface area contributed by atoms with Crippen LogP contribution in [0.1, 0.15) is 95.7 Å². The number of aromatic nitrogens is 2. The highest BCUT2D eigenvalue weighted by molar-refractivity contribution is 5.90. The number of hydrogen-bond donors (Lipinski definition) is 2. The van der Waals surface area contributed by atoms with Crippen molar-refractivity contribution in [3.63, 3.8) is 0 Å². The van der Waals surface area contributed by atoms with Crippen LogP contribution in [0.5, 0.6) is 0 Å². The van der Waals surface area contributed by atoms with Crippen molar-refractivity contribution < 1.29 is 23.9 Å². The molecule has 2 heterocycles. The normalized spacial score (nSPS) is 11.5. The van der Waals surface area contributed by atoms with Crippen molar-refractivity contribution in [2.24, 2.45) is 0 Å². The molecule has 2 N–H and O–H groups in total. The number of ether oxygens (including phenoxy) is 2. The van der Waals surface area contributed by atoms with Crippen LogP contribution in [0.3, 0.4) is 0 Å². The lowest BCUT2D eigenvalue weighted by molar-refractivity contribution is -0.143. The summed E-state index contributed by atoms with van der Waals surface area (Å²) in [5.74, 6) is -0.643. The molecule has 2 aromatic heterocycles. The van der Waals surface area contributed by atoms with Crippen LogP contribution in [0, 0.1) is 13.8 Å². The zero-order chi connectivity index (χ0) is 23.3. The van der Waals surface area contributed by atoms with E-state index >= 15 is 0 Å². The molecule has 0 aromatic carbocycles. The maximum Gasteiger partial charge on any atom is 0.355 e. The number of rotatable bonds is 9. The molecule has 2 aromatic rings. The molecule has 0 aliphatic rings. The van der Waals surface area contributed by atoms with E-state index in [4.69, 9.17) is 9.47 Å². The Morgan fingerprint density at radius 2 is 1.68 bits per heavy atom. The average Bonchev–Trinajstić information content (AvgIpc) is 3.15. The van der Waals surface area contributed by atoms with E-state index in [1.165, 1.54) is 0 Å². The van der Waals surface area contributed by atoms with Crippen LogP contribution in [0.25, 0.3) is 0 Å². The van der Waals surface area contributed by atoms with Crippen LogP contribution >= 0.6 is 0 Å². The molecule has 7 heteroatoms. The number of H-pyrrole nitrogens is 2. The molecule has 2 rings (SSSR count). The van der Waals surface area contributed by atoms with Gasteiger partial charge < -0.3 is 19.4 Å². The zero-order valence-electron chi connectivity index (χ0n) is 19.7. The smallest absolute Gasteiger partial charge is 0.355 e. The van der Waals surface area contributed by atoms with Gasteiger partial charge in [0.1, 0.15) is 11.3 Å². The number of carbonyl (C=O) groups is 3. The first-order valence-corrected chi connectivity index (χ1v) is 10.8. The van der Waals surface area contributed by atoms with Gasteiger partial charge >= 0.3 is 11.9 Å². The highest BCUT2D eigenvalue weighted by atomic mass is 16.6. The van der Waals surface area contributed by atoms with E-state index in [0.717, 1.165) is 39.9 Å². The summed E-state index contributed by atoms with van der Waals surface area (Å²) in [4.78, 5) is 42.5. The minimum atomic E-state index is -0.586. The van der Waals surface area contributed by atoms with Crippen molar-refractivity contribution in [3.8, 4) is 0 Å². The lowest BCUT2D eigenvalue weighted by Crippen LogP contribution is -2.24. The van der Waals surface area contributed by atoms with Crippen LogP contribution in [0.4, 0.5) is 0 Å². The first-order valence-electron chi connectivity index (χ1n) is 10.8. The summed E-state index contributed by atoms with van der Waals surface area (Å²) in [5.41, 5.74) is 5.81. The van der Waals surface area contributed by atoms with E-state index in [0.29, 0.717) is 37.3 Å². The molecule has 0 radical (unpaired) electrons. The van der Waals surface area contributed by atoms with E-state index in [-0.39, 0.29) is 18.4 Å². The predicted molar refractivity (Wildman–Crippen MR) is 119 cm³/mol. The molecule has 0 saturated carbocycles. The van der Waals surface area contributed by atoms with E-state index < -0.39 is 5.60 Å². The molecule has 7 nitrogen and oxygen atoms in total. The van der Waals surface area contributed by atoms with Gasteiger partial charge in [-0.3, -0.25) is 9.59 Å². The minimum Gasteiger partial charge on any atom is -0.466 e. The van der Waals surface area contributed by atoms with Crippen molar-refractivity contribution in [1.29, 1.82) is 0 Å². The maximum atomic E-state index is 12.7. The zero-order valence-corrected chi connectivity index (χ0v) is 19.7. The van der Waals surface area contributed by atoms with Crippen molar-refractivity contribution >= 4 is 18.2 Å². The van der Waals surface area contributed by atoms with Gasteiger partial charge in [-0.2, -0.15) is 0 Å². The van der Waals surface area contributed by atoms with Gasteiger partial charge in [-0.25, -0.2) is 4.79 Å². The lowest BCUT2D eigenvalue weighted by atomic mass is 10.00. The second-order valence-electron chi connectivity index (χ2n) is 8.66. The summed E-state index contributed by atoms with van der Waals surface area (Å²) < 4.78 is 10.6. The fraction of sp³-hybridized carbons (Fsp3) is 0.542. The Bertz CT molecular complexity index is 960. The number of hydrogen-bond acceptors (Lipinski definition) is 5. The number of aldehydes is 1. The van der Waals surface area contributed by atoms with Crippen molar-refractivity contribution in [1.82, 2.24) is 9.97 Å². The molecule has 0 atom stereocenters. The number of esters is 2. The molecule has 31 heavy (non-hydrogen) atoms. The van der Waals surface area contributed by atoms with Crippen molar-refractivity contribution in [3.05, 3.63) is 45.0 Å². The molecular weight excluding hydrogens is 396 g/mol. The molecular formula is C24H34N2O5. The molecule has 0 bridgehead atoms. The topological polar surface area (TPSA) is 101 Å². The van der Waals surface area contributed by atoms with Gasteiger partial charge in [-0.15, -0.1) is 0 Å². The fourth-order valence-electron chi connectivity index (χ4n) is 3.78. The highest BCUT2D eigenvalue weighted by Crippen LogP contribution is 2.27. The second-order valence-corrected chi connectivity index (χ2v) is 8.66. The van der Waals surface area contributed by atoms with Crippen molar-refractivity contribution in [2.45, 2.75) is 79.8 Å². The molecule has 0 aliphatic carbocycles. The van der Waals surface area contributed by atoms with Gasteiger partial charge in [0.15, 0.2) is 6.29 Å². The summed E-state index contributed by atoms with van der Waals surface area (Å²) in [7, 11) is 0. The summed E-state index contributed by atoms with van der Waals surface area (Å²) in [6.07, 6.45) is 2.68. The van der Waals surface area contributed by atoms with Gasteiger partial charge in [0, 0.05) is 24.2 Å². The molecule has 0 aliphatic heterocycles. The summed E-state index contributed by atoms with van der Waals surface area (Å²) in [5, 5.41) is 0. The largest absolute Gasteiger partial charge is 0.466 e. The molecule has 0 saturated heterocycles. The number of nitrogens with one attached hydrogen (secondary N) is 2. The maximum absolute atomic E-state index is 12.7. The standard InChI is InChI=1S/C24H34N2O5/c1-8-16-14(3)18(26-22(16)23(29)31-24(5,6)7)12-19-17(10-11-21(28)30-9-2)15(4)20(13-27)25-19/h13,25-26H,8-12H2,1-7H3. The Kier molecular flexibility index (Phi) is 7.87. The van der Waals surface area contributed by atoms with E-state index in [1.807, 2.05) is 41.5 Å². The van der Waals surface area contributed by atoms with Crippen LogP contribution in [0.15, 0.2) is 0 Å². The number of aromatic amines is 2. The summed E-state index contributed by atoms with van der Waals surface area (Å²) in [6.45, 7) is 13.5. The van der Waals surface area contributed by atoms with Crippen LogP contribution in [-0.2, 0) is 33.5 Å². The average molecular weight is 431 g/mol. The van der Waals surface area contributed by atoms with Crippen LogP contribution < -0.4 is 0 Å². The fourth-order valence-corrected chi connectivity index (χ4v) is 3.78. The Morgan fingerprint density at radius 1 is 1.00 bits per heavy atom. The Morgan fingerprint density at radius 3 is 2.23 bits per heavy atom. The minimum absolute atomic E-state index is 0.241. The molecule has 170 valence electrons. The Labute approximate surface area is 183 Å². The first kappa shape index (κ1) is 24.4. The lowest BCUT2D eigenvalue weighted by Gasteiger charge is -2.19. The van der Waals surface area contributed by atoms with Gasteiger partial charge in [-0.05, 0) is 76.6 Å². The van der Waals surface area contributed by atoms with E-state index in [9.17, 15) is 14.4 Å². The van der Waals surface area contributed by atoms with Crippen LogP contribution in [0.2, 0.25) is 0 Å². The molecule has 0 fully saturated rings. The Hall–Kier alpha value is -2.83. The molecule has 0 amide bonds. The molecule has 0 spiro atoms. The SMILES string of the molecule is CCOC(=O)CCc1c(Cc2[nH]c(C(=O)OC(C)(C)C)c(CC)c2C)[nH]c(C=O)c1C. The second kappa shape index (κ2) is 9.98. The quantitative estimate of drug-likeness (QED) is 0.454. The van der Waals surface area contributed by atoms with Crippen molar-refractivity contribution in [2.75, 3.05) is 6.61 Å². The van der Waals surface area contributed by atoms with Gasteiger partial charge in [0.25, 0.3) is 0 Å². The summed E-state index contributed by atoms with van der Waals surface area (Å²) >= 11 is 0. The van der Waals surface area contributed by atoms with E-state index in [1.54, 1.807) is 6.92 Å². The third kappa shape index (κ3) is 5.87. The van der Waals surface area contributed by atoms with Gasteiger partial charge in [0.2, 0.25) is 0 Å². The first-order chi connectivity index (χ1) is 14.5. The van der Waals surface area contributed by atoms with Crippen LogP contribution in [-0.4, -0.2) is 40.4 Å². The predicted octanol–water partition coefficient (Wildman–Crippen LogP) is 4.38. The monoisotopic (exact) mass is 430 g/mol. The Balaban J connectivity index is 2.38. The van der Waals surface area contributed by atoms with E-state index in [2.05, 4.69) is 9.97 Å². The van der Waals surface area contributed by atoms with Gasteiger partial charge in [-0.1, -0.05) is 6.92 Å².